The lowest BCUT2D eigenvalue weighted by molar-refractivity contribution is -0.0927. The van der Waals surface area contributed by atoms with E-state index in [4.69, 9.17) is 9.26 Å². The second kappa shape index (κ2) is 4.78. The van der Waals surface area contributed by atoms with Gasteiger partial charge in [-0.1, -0.05) is 5.16 Å². The molecule has 128 valence electrons. The van der Waals surface area contributed by atoms with Gasteiger partial charge < -0.3 is 14.2 Å². The summed E-state index contributed by atoms with van der Waals surface area (Å²) in [6.07, 6.45) is 1.39. The van der Waals surface area contributed by atoms with Gasteiger partial charge in [-0.2, -0.15) is 4.98 Å². The summed E-state index contributed by atoms with van der Waals surface area (Å²) < 4.78 is 24.0. The van der Waals surface area contributed by atoms with Gasteiger partial charge in [0, 0.05) is 11.5 Å². The summed E-state index contributed by atoms with van der Waals surface area (Å²) in [5.41, 5.74) is -0.0479. The van der Waals surface area contributed by atoms with Gasteiger partial charge in [0.05, 0.1) is 18.8 Å². The molecule has 3 heterocycles. The van der Waals surface area contributed by atoms with Crippen LogP contribution in [0.2, 0.25) is 0 Å². The second-order valence-electron chi connectivity index (χ2n) is 6.59. The molecule has 1 saturated heterocycles. The van der Waals surface area contributed by atoms with Crippen LogP contribution in [-0.2, 0) is 10.3 Å². The highest BCUT2D eigenvalue weighted by molar-refractivity contribution is 5.92. The molecule has 0 bridgehead atoms. The first-order valence-electron chi connectivity index (χ1n) is 7.97. The van der Waals surface area contributed by atoms with Crippen molar-refractivity contribution in [2.45, 2.75) is 24.4 Å². The van der Waals surface area contributed by atoms with Crippen molar-refractivity contribution in [1.82, 2.24) is 15.0 Å². The number of nitrogens with zero attached hydrogens (tertiary/aromatic N) is 3. The number of nitrogens with one attached hydrogen (secondary N) is 1. The molecule has 1 spiro atoms. The van der Waals surface area contributed by atoms with Gasteiger partial charge in [0.15, 0.2) is 11.4 Å². The van der Waals surface area contributed by atoms with E-state index in [9.17, 15) is 14.0 Å². The molecule has 8 nitrogen and oxygen atoms in total. The van der Waals surface area contributed by atoms with E-state index in [0.29, 0.717) is 17.1 Å². The zero-order valence-corrected chi connectivity index (χ0v) is 13.0. The lowest BCUT2D eigenvalue weighted by atomic mass is 9.83. The summed E-state index contributed by atoms with van der Waals surface area (Å²) in [7, 11) is 0. The van der Waals surface area contributed by atoms with Gasteiger partial charge in [-0.25, -0.2) is 9.18 Å². The zero-order chi connectivity index (χ0) is 17.2. The first-order chi connectivity index (χ1) is 12.0. The topological polar surface area (TPSA) is 97.6 Å². The molecule has 3 aliphatic rings. The van der Waals surface area contributed by atoms with Crippen molar-refractivity contribution in [2.75, 3.05) is 18.4 Å². The van der Waals surface area contributed by atoms with Crippen molar-refractivity contribution in [3.8, 4) is 0 Å². The van der Waals surface area contributed by atoms with Crippen molar-refractivity contribution in [3.63, 3.8) is 0 Å². The van der Waals surface area contributed by atoms with Gasteiger partial charge in [-0.3, -0.25) is 10.1 Å². The summed E-state index contributed by atoms with van der Waals surface area (Å²) in [5, 5.41) is 6.36. The normalized spacial score (nSPS) is 20.5. The van der Waals surface area contributed by atoms with Crippen molar-refractivity contribution in [3.05, 3.63) is 41.3 Å². The smallest absolute Gasteiger partial charge is 0.412 e. The molecule has 1 aliphatic carbocycles. The molecule has 2 aliphatic heterocycles. The van der Waals surface area contributed by atoms with Crippen molar-refractivity contribution >= 4 is 17.7 Å². The molecule has 0 radical (unpaired) electrons. The Morgan fingerprint density at radius 1 is 1.36 bits per heavy atom. The number of carbonyl (C=O) groups is 2. The molecule has 0 atom stereocenters. The minimum Gasteiger partial charge on any atom is -0.434 e. The van der Waals surface area contributed by atoms with Crippen molar-refractivity contribution in [2.24, 2.45) is 0 Å². The number of ether oxygens (including phenoxy) is 1. The molecule has 2 aromatic rings. The quantitative estimate of drug-likeness (QED) is 0.895. The van der Waals surface area contributed by atoms with Crippen LogP contribution in [0.3, 0.4) is 0 Å². The third kappa shape index (κ3) is 2.19. The van der Waals surface area contributed by atoms with E-state index in [1.165, 1.54) is 23.1 Å². The number of aromatic nitrogens is 2. The second-order valence-corrected chi connectivity index (χ2v) is 6.59. The Labute approximate surface area is 140 Å². The number of likely N-dealkylation sites (tertiary alicyclic amines) is 1. The number of hydrogen-bond acceptors (Lipinski definition) is 6. The molecule has 2 amide bonds. The molecule has 1 N–H and O–H groups in total. The van der Waals surface area contributed by atoms with E-state index in [1.54, 1.807) is 0 Å². The summed E-state index contributed by atoms with van der Waals surface area (Å²) in [5.74, 6) is -0.0878. The van der Waals surface area contributed by atoms with Crippen LogP contribution in [0.4, 0.5) is 14.9 Å². The molecular weight excluding hydrogens is 331 g/mol. The Kier molecular flexibility index (Phi) is 2.75. The van der Waals surface area contributed by atoms with Crippen LogP contribution in [0.5, 0.6) is 0 Å². The number of halogens is 1. The highest BCUT2D eigenvalue weighted by atomic mass is 19.1. The third-order valence-electron chi connectivity index (χ3n) is 4.74. The van der Waals surface area contributed by atoms with E-state index in [0.717, 1.165) is 12.8 Å². The number of anilines is 1. The molecule has 5 rings (SSSR count). The summed E-state index contributed by atoms with van der Waals surface area (Å²) in [4.78, 5) is 29.8. The minimum atomic E-state index is -1.05. The Balaban J connectivity index is 1.39. The van der Waals surface area contributed by atoms with E-state index in [1.807, 2.05) is 0 Å². The van der Waals surface area contributed by atoms with Gasteiger partial charge in [-0.05, 0) is 31.0 Å². The average Bonchev–Trinajstić information content (AvgIpc) is 3.29. The maximum Gasteiger partial charge on any atom is 0.412 e. The molecule has 0 unspecified atom stereocenters. The lowest BCUT2D eigenvalue weighted by Crippen LogP contribution is -2.64. The van der Waals surface area contributed by atoms with E-state index < -0.39 is 23.4 Å². The van der Waals surface area contributed by atoms with Crippen LogP contribution in [-0.4, -0.2) is 40.1 Å². The Morgan fingerprint density at radius 2 is 2.16 bits per heavy atom. The van der Waals surface area contributed by atoms with Gasteiger partial charge in [-0.15, -0.1) is 0 Å². The zero-order valence-electron chi connectivity index (χ0n) is 13.0. The molecule has 1 saturated carbocycles. The maximum absolute atomic E-state index is 13.6. The predicted molar refractivity (Wildman–Crippen MR) is 80.4 cm³/mol. The highest BCUT2D eigenvalue weighted by Gasteiger charge is 2.54. The fourth-order valence-corrected chi connectivity index (χ4v) is 3.28. The van der Waals surface area contributed by atoms with Crippen LogP contribution < -0.4 is 5.32 Å². The number of benzene rings is 1. The van der Waals surface area contributed by atoms with Gasteiger partial charge in [0.2, 0.25) is 0 Å². The standard InChI is InChI=1S/C16H13FN4O4/c17-9-3-4-11-10(5-9)16(24-15(23)18-11)6-21(7-16)14(22)13-19-12(20-25-13)8-1-2-8/h3-5,8H,1-2,6-7H2,(H,18,23). The van der Waals surface area contributed by atoms with Crippen molar-refractivity contribution < 1.29 is 23.2 Å². The Morgan fingerprint density at radius 3 is 2.92 bits per heavy atom. The Hall–Kier alpha value is -2.97. The van der Waals surface area contributed by atoms with Gasteiger partial charge in [0.1, 0.15) is 5.82 Å². The fourth-order valence-electron chi connectivity index (χ4n) is 3.28. The largest absolute Gasteiger partial charge is 0.434 e. The number of amides is 2. The van der Waals surface area contributed by atoms with E-state index >= 15 is 0 Å². The average molecular weight is 344 g/mol. The van der Waals surface area contributed by atoms with E-state index in [2.05, 4.69) is 15.5 Å². The fraction of sp³-hybridized carbons (Fsp3) is 0.375. The number of rotatable bonds is 2. The Bertz CT molecular complexity index is 901. The molecular formula is C16H13FN4O4. The summed E-state index contributed by atoms with van der Waals surface area (Å²) in [6.45, 7) is 0.216. The third-order valence-corrected chi connectivity index (χ3v) is 4.74. The molecule has 9 heteroatoms. The van der Waals surface area contributed by atoms with Crippen LogP contribution >= 0.6 is 0 Å². The molecule has 1 aromatic heterocycles. The van der Waals surface area contributed by atoms with Crippen molar-refractivity contribution in [1.29, 1.82) is 0 Å². The first-order valence-corrected chi connectivity index (χ1v) is 7.97. The molecule has 2 fully saturated rings. The first kappa shape index (κ1) is 14.4. The van der Waals surface area contributed by atoms with Crippen LogP contribution in [0.15, 0.2) is 22.7 Å². The molecule has 25 heavy (non-hydrogen) atoms. The number of hydrogen-bond donors (Lipinski definition) is 1. The van der Waals surface area contributed by atoms with E-state index in [-0.39, 0.29) is 24.9 Å². The maximum atomic E-state index is 13.6. The lowest BCUT2D eigenvalue weighted by Gasteiger charge is -2.50. The number of fused-ring (bicyclic) bond motifs is 2. The highest BCUT2D eigenvalue weighted by Crippen LogP contribution is 2.43. The van der Waals surface area contributed by atoms with Gasteiger partial charge in [0.25, 0.3) is 0 Å². The van der Waals surface area contributed by atoms with Gasteiger partial charge >= 0.3 is 17.9 Å². The minimum absolute atomic E-state index is 0.0727. The van der Waals surface area contributed by atoms with Crippen LogP contribution in [0.1, 0.15) is 40.8 Å². The summed E-state index contributed by atoms with van der Waals surface area (Å²) in [6, 6.07) is 4.06. The van der Waals surface area contributed by atoms with Crippen LogP contribution in [0, 0.1) is 5.82 Å². The SMILES string of the molecule is O=C1Nc2ccc(F)cc2C2(CN(C(=O)c3nc(C4CC4)no3)C2)O1. The summed E-state index contributed by atoms with van der Waals surface area (Å²) >= 11 is 0. The molecule has 1 aromatic carbocycles. The monoisotopic (exact) mass is 344 g/mol. The predicted octanol–water partition coefficient (Wildman–Crippen LogP) is 2.00. The number of carbonyl (C=O) groups excluding carboxylic acids is 2. The van der Waals surface area contributed by atoms with Crippen LogP contribution in [0.25, 0.3) is 0 Å².